The van der Waals surface area contributed by atoms with Crippen molar-refractivity contribution in [2.75, 3.05) is 11.9 Å². The number of nitrogens with zero attached hydrogens (tertiary/aromatic N) is 3. The van der Waals surface area contributed by atoms with Crippen molar-refractivity contribution in [3.05, 3.63) is 23.9 Å². The normalized spacial score (nSPS) is 17.2. The van der Waals surface area contributed by atoms with Gasteiger partial charge in [-0.2, -0.15) is 5.26 Å². The van der Waals surface area contributed by atoms with Crippen LogP contribution >= 0.6 is 0 Å². The minimum atomic E-state index is 0.609. The van der Waals surface area contributed by atoms with E-state index in [0.717, 1.165) is 5.82 Å². The van der Waals surface area contributed by atoms with Crippen molar-refractivity contribution in [2.24, 2.45) is 0 Å². The molecule has 1 aliphatic rings. The lowest BCUT2D eigenvalue weighted by Crippen LogP contribution is -2.31. The highest BCUT2D eigenvalue weighted by Gasteiger charge is 2.17. The van der Waals surface area contributed by atoms with Gasteiger partial charge in [-0.1, -0.05) is 25.7 Å². The Morgan fingerprint density at radius 3 is 2.47 bits per heavy atom. The molecule has 0 radical (unpaired) electrons. The number of aromatic nitrogens is 1. The summed E-state index contributed by atoms with van der Waals surface area (Å²) >= 11 is 0. The average molecular weight is 229 g/mol. The summed E-state index contributed by atoms with van der Waals surface area (Å²) in [5.41, 5.74) is 0.628. The van der Waals surface area contributed by atoms with E-state index in [0.29, 0.717) is 11.6 Å². The highest BCUT2D eigenvalue weighted by Crippen LogP contribution is 2.24. The Morgan fingerprint density at radius 1 is 1.24 bits per heavy atom. The quantitative estimate of drug-likeness (QED) is 0.731. The van der Waals surface area contributed by atoms with Crippen molar-refractivity contribution in [2.45, 2.75) is 44.6 Å². The first kappa shape index (κ1) is 11.9. The number of hydrogen-bond acceptors (Lipinski definition) is 3. The molecular weight excluding hydrogens is 210 g/mol. The Hall–Kier alpha value is -1.56. The molecule has 1 aliphatic carbocycles. The van der Waals surface area contributed by atoms with Crippen LogP contribution in [0.2, 0.25) is 0 Å². The van der Waals surface area contributed by atoms with Crippen LogP contribution in [0.1, 0.15) is 44.1 Å². The summed E-state index contributed by atoms with van der Waals surface area (Å²) in [6.07, 6.45) is 9.56. The van der Waals surface area contributed by atoms with Crippen LogP contribution in [0.4, 0.5) is 5.82 Å². The minimum Gasteiger partial charge on any atom is -0.357 e. The molecule has 0 saturated heterocycles. The van der Waals surface area contributed by atoms with Crippen molar-refractivity contribution < 1.29 is 0 Å². The molecule has 90 valence electrons. The van der Waals surface area contributed by atoms with E-state index < -0.39 is 0 Å². The Kier molecular flexibility index (Phi) is 3.98. The number of anilines is 1. The zero-order valence-electron chi connectivity index (χ0n) is 10.4. The van der Waals surface area contributed by atoms with Crippen molar-refractivity contribution in [3.63, 3.8) is 0 Å². The lowest BCUT2D eigenvalue weighted by atomic mass is 10.1. The summed E-state index contributed by atoms with van der Waals surface area (Å²) in [5, 5.41) is 8.75. The molecular formula is C14H19N3. The van der Waals surface area contributed by atoms with Gasteiger partial charge in [-0.25, -0.2) is 4.98 Å². The van der Waals surface area contributed by atoms with Crippen LogP contribution in [0.25, 0.3) is 0 Å². The molecule has 0 aromatic carbocycles. The molecule has 1 aromatic rings. The molecule has 2 rings (SSSR count). The standard InChI is InChI=1S/C14H19N3/c1-17(13-6-4-2-3-5-7-13)14-9-8-12(10-15)11-16-14/h8-9,11,13H,2-7H2,1H3. The van der Waals surface area contributed by atoms with Gasteiger partial charge in [0, 0.05) is 19.3 Å². The fourth-order valence-electron chi connectivity index (χ4n) is 2.49. The molecule has 1 saturated carbocycles. The van der Waals surface area contributed by atoms with E-state index in [9.17, 15) is 0 Å². The average Bonchev–Trinajstić information content (AvgIpc) is 2.67. The highest BCUT2D eigenvalue weighted by molar-refractivity contribution is 5.42. The largest absolute Gasteiger partial charge is 0.357 e. The van der Waals surface area contributed by atoms with Crippen LogP contribution in [0, 0.1) is 11.3 Å². The SMILES string of the molecule is CN(c1ccc(C#N)cn1)C1CCCCCC1. The lowest BCUT2D eigenvalue weighted by Gasteiger charge is -2.28. The van der Waals surface area contributed by atoms with Crippen molar-refractivity contribution in [1.82, 2.24) is 4.98 Å². The summed E-state index contributed by atoms with van der Waals surface area (Å²) in [6.45, 7) is 0. The minimum absolute atomic E-state index is 0.609. The summed E-state index contributed by atoms with van der Waals surface area (Å²) in [4.78, 5) is 6.63. The molecule has 1 aromatic heterocycles. The summed E-state index contributed by atoms with van der Waals surface area (Å²) < 4.78 is 0. The van der Waals surface area contributed by atoms with Crippen LogP contribution in [0.3, 0.4) is 0 Å². The monoisotopic (exact) mass is 229 g/mol. The fourth-order valence-corrected chi connectivity index (χ4v) is 2.49. The van der Waals surface area contributed by atoms with Crippen LogP contribution in [-0.4, -0.2) is 18.1 Å². The molecule has 1 heterocycles. The molecule has 0 spiro atoms. The third-order valence-corrected chi connectivity index (χ3v) is 3.61. The van der Waals surface area contributed by atoms with Crippen LogP contribution < -0.4 is 4.90 Å². The molecule has 3 nitrogen and oxygen atoms in total. The van der Waals surface area contributed by atoms with E-state index in [-0.39, 0.29) is 0 Å². The predicted molar refractivity (Wildman–Crippen MR) is 68.8 cm³/mol. The van der Waals surface area contributed by atoms with E-state index in [1.165, 1.54) is 38.5 Å². The molecule has 0 aliphatic heterocycles. The first-order valence-electron chi connectivity index (χ1n) is 6.40. The zero-order valence-corrected chi connectivity index (χ0v) is 10.4. The second-order valence-electron chi connectivity index (χ2n) is 4.77. The number of hydrogen-bond donors (Lipinski definition) is 0. The topological polar surface area (TPSA) is 39.9 Å². The van der Waals surface area contributed by atoms with Gasteiger partial charge in [-0.15, -0.1) is 0 Å². The summed E-state index contributed by atoms with van der Waals surface area (Å²) in [7, 11) is 2.12. The fraction of sp³-hybridized carbons (Fsp3) is 0.571. The molecule has 0 unspecified atom stereocenters. The van der Waals surface area contributed by atoms with Crippen molar-refractivity contribution in [3.8, 4) is 6.07 Å². The molecule has 1 fully saturated rings. The Bertz CT molecular complexity index is 383. The van der Waals surface area contributed by atoms with Crippen LogP contribution in [-0.2, 0) is 0 Å². The maximum Gasteiger partial charge on any atom is 0.128 e. The highest BCUT2D eigenvalue weighted by atomic mass is 15.2. The second-order valence-corrected chi connectivity index (χ2v) is 4.77. The number of nitriles is 1. The van der Waals surface area contributed by atoms with E-state index >= 15 is 0 Å². The molecule has 3 heteroatoms. The first-order valence-corrected chi connectivity index (χ1v) is 6.40. The molecule has 0 atom stereocenters. The first-order chi connectivity index (χ1) is 8.31. The molecule has 17 heavy (non-hydrogen) atoms. The van der Waals surface area contributed by atoms with Crippen LogP contribution in [0.15, 0.2) is 18.3 Å². The smallest absolute Gasteiger partial charge is 0.128 e. The molecule has 0 amide bonds. The van der Waals surface area contributed by atoms with Gasteiger partial charge in [0.25, 0.3) is 0 Å². The maximum absolute atomic E-state index is 8.75. The van der Waals surface area contributed by atoms with Gasteiger partial charge in [0.05, 0.1) is 5.56 Å². The zero-order chi connectivity index (χ0) is 12.1. The third kappa shape index (κ3) is 2.97. The van der Waals surface area contributed by atoms with Gasteiger partial charge >= 0.3 is 0 Å². The van der Waals surface area contributed by atoms with E-state index in [1.54, 1.807) is 6.20 Å². The van der Waals surface area contributed by atoms with Gasteiger partial charge < -0.3 is 4.90 Å². The van der Waals surface area contributed by atoms with E-state index in [4.69, 9.17) is 5.26 Å². The summed E-state index contributed by atoms with van der Waals surface area (Å²) in [5.74, 6) is 0.982. The number of pyridine rings is 1. The second kappa shape index (κ2) is 5.67. The van der Waals surface area contributed by atoms with Gasteiger partial charge in [0.15, 0.2) is 0 Å². The van der Waals surface area contributed by atoms with E-state index in [2.05, 4.69) is 23.0 Å². The Balaban J connectivity index is 2.06. The van der Waals surface area contributed by atoms with Gasteiger partial charge in [-0.05, 0) is 25.0 Å². The van der Waals surface area contributed by atoms with Crippen molar-refractivity contribution >= 4 is 5.82 Å². The van der Waals surface area contributed by atoms with Gasteiger partial charge in [-0.3, -0.25) is 0 Å². The third-order valence-electron chi connectivity index (χ3n) is 3.61. The predicted octanol–water partition coefficient (Wildman–Crippen LogP) is 3.11. The summed E-state index contributed by atoms with van der Waals surface area (Å²) in [6, 6.07) is 6.50. The molecule has 0 N–H and O–H groups in total. The maximum atomic E-state index is 8.75. The van der Waals surface area contributed by atoms with Gasteiger partial charge in [0.2, 0.25) is 0 Å². The van der Waals surface area contributed by atoms with Crippen molar-refractivity contribution in [1.29, 1.82) is 5.26 Å². The Labute approximate surface area is 103 Å². The lowest BCUT2D eigenvalue weighted by molar-refractivity contribution is 0.549. The van der Waals surface area contributed by atoms with E-state index in [1.807, 2.05) is 12.1 Å². The van der Waals surface area contributed by atoms with Gasteiger partial charge in [0.1, 0.15) is 11.9 Å². The Morgan fingerprint density at radius 2 is 1.94 bits per heavy atom. The molecule has 0 bridgehead atoms. The number of rotatable bonds is 2. The van der Waals surface area contributed by atoms with Crippen LogP contribution in [0.5, 0.6) is 0 Å².